The van der Waals surface area contributed by atoms with Crippen LogP contribution in [0.4, 0.5) is 0 Å². The Morgan fingerprint density at radius 1 is 1.00 bits per heavy atom. The SMILES string of the molecule is CCCCCCCCCCCC1NC=CN1CCN. The summed E-state index contributed by atoms with van der Waals surface area (Å²) in [6, 6.07) is 0. The van der Waals surface area contributed by atoms with E-state index in [1.54, 1.807) is 0 Å². The van der Waals surface area contributed by atoms with Gasteiger partial charge in [0.2, 0.25) is 0 Å². The predicted molar refractivity (Wildman–Crippen MR) is 83.7 cm³/mol. The number of nitrogens with two attached hydrogens (primary N) is 1. The van der Waals surface area contributed by atoms with Crippen molar-refractivity contribution in [3.63, 3.8) is 0 Å². The van der Waals surface area contributed by atoms with Crippen molar-refractivity contribution < 1.29 is 0 Å². The van der Waals surface area contributed by atoms with Crippen molar-refractivity contribution in [1.82, 2.24) is 10.2 Å². The first-order valence-corrected chi connectivity index (χ1v) is 8.27. The molecule has 1 aliphatic heterocycles. The van der Waals surface area contributed by atoms with E-state index in [4.69, 9.17) is 5.73 Å². The van der Waals surface area contributed by atoms with Crippen LogP contribution in [-0.4, -0.2) is 24.2 Å². The van der Waals surface area contributed by atoms with Crippen LogP contribution in [0.2, 0.25) is 0 Å². The Balaban J connectivity index is 1.88. The average molecular weight is 267 g/mol. The molecule has 0 aromatic heterocycles. The third-order valence-corrected chi connectivity index (χ3v) is 3.92. The molecule has 1 unspecified atom stereocenters. The van der Waals surface area contributed by atoms with Gasteiger partial charge in [0.25, 0.3) is 0 Å². The molecular formula is C16H33N3. The normalized spacial score (nSPS) is 18.0. The highest BCUT2D eigenvalue weighted by Crippen LogP contribution is 2.14. The molecule has 1 aliphatic rings. The second-order valence-corrected chi connectivity index (χ2v) is 5.64. The van der Waals surface area contributed by atoms with Crippen molar-refractivity contribution in [3.8, 4) is 0 Å². The molecule has 3 nitrogen and oxygen atoms in total. The van der Waals surface area contributed by atoms with E-state index in [1.165, 1.54) is 64.2 Å². The number of hydrogen-bond acceptors (Lipinski definition) is 3. The smallest absolute Gasteiger partial charge is 0.0981 e. The molecule has 3 N–H and O–H groups in total. The maximum atomic E-state index is 5.61. The lowest BCUT2D eigenvalue weighted by atomic mass is 10.1. The molecule has 112 valence electrons. The molecule has 0 aromatic carbocycles. The minimum Gasteiger partial charge on any atom is -0.370 e. The minimum atomic E-state index is 0.494. The number of rotatable bonds is 12. The quantitative estimate of drug-likeness (QED) is 0.531. The first kappa shape index (κ1) is 16.4. The van der Waals surface area contributed by atoms with Crippen molar-refractivity contribution in [3.05, 3.63) is 12.4 Å². The highest BCUT2D eigenvalue weighted by molar-refractivity contribution is 4.93. The Bertz CT molecular complexity index is 228. The van der Waals surface area contributed by atoms with Gasteiger partial charge in [-0.3, -0.25) is 0 Å². The average Bonchev–Trinajstić information content (AvgIpc) is 2.85. The van der Waals surface area contributed by atoms with E-state index in [2.05, 4.69) is 23.3 Å². The number of nitrogens with one attached hydrogen (secondary N) is 1. The lowest BCUT2D eigenvalue weighted by molar-refractivity contribution is 0.264. The zero-order valence-electron chi connectivity index (χ0n) is 12.7. The number of nitrogens with zero attached hydrogens (tertiary/aromatic N) is 1. The van der Waals surface area contributed by atoms with Gasteiger partial charge in [0.05, 0.1) is 6.17 Å². The molecule has 0 bridgehead atoms. The molecule has 3 heteroatoms. The molecule has 0 spiro atoms. The van der Waals surface area contributed by atoms with E-state index in [0.29, 0.717) is 6.17 Å². The Morgan fingerprint density at radius 2 is 1.63 bits per heavy atom. The molecule has 0 amide bonds. The largest absolute Gasteiger partial charge is 0.370 e. The van der Waals surface area contributed by atoms with Crippen LogP contribution in [0, 0.1) is 0 Å². The summed E-state index contributed by atoms with van der Waals surface area (Å²) >= 11 is 0. The summed E-state index contributed by atoms with van der Waals surface area (Å²) in [5.74, 6) is 0. The van der Waals surface area contributed by atoms with E-state index < -0.39 is 0 Å². The van der Waals surface area contributed by atoms with E-state index in [0.717, 1.165) is 13.1 Å². The van der Waals surface area contributed by atoms with Crippen LogP contribution in [0.5, 0.6) is 0 Å². The van der Waals surface area contributed by atoms with Gasteiger partial charge >= 0.3 is 0 Å². The summed E-state index contributed by atoms with van der Waals surface area (Å²) in [5.41, 5.74) is 5.61. The van der Waals surface area contributed by atoms with Crippen LogP contribution in [0.3, 0.4) is 0 Å². The van der Waals surface area contributed by atoms with Gasteiger partial charge in [0.15, 0.2) is 0 Å². The lowest BCUT2D eigenvalue weighted by Crippen LogP contribution is -2.37. The molecule has 0 aliphatic carbocycles. The maximum absolute atomic E-state index is 5.61. The molecular weight excluding hydrogens is 234 g/mol. The fraction of sp³-hybridized carbons (Fsp3) is 0.875. The number of unbranched alkanes of at least 4 members (excludes halogenated alkanes) is 8. The van der Waals surface area contributed by atoms with Gasteiger partial charge in [0, 0.05) is 25.5 Å². The first-order valence-electron chi connectivity index (χ1n) is 8.27. The summed E-state index contributed by atoms with van der Waals surface area (Å²) in [6.07, 6.45) is 18.5. The summed E-state index contributed by atoms with van der Waals surface area (Å²) in [4.78, 5) is 2.32. The zero-order chi connectivity index (χ0) is 13.8. The van der Waals surface area contributed by atoms with Crippen LogP contribution in [0.15, 0.2) is 12.4 Å². The van der Waals surface area contributed by atoms with Gasteiger partial charge in [0.1, 0.15) is 0 Å². The van der Waals surface area contributed by atoms with Gasteiger partial charge in [-0.05, 0) is 12.8 Å². The maximum Gasteiger partial charge on any atom is 0.0981 e. The van der Waals surface area contributed by atoms with Crippen molar-refractivity contribution in [2.24, 2.45) is 5.73 Å². The monoisotopic (exact) mass is 267 g/mol. The van der Waals surface area contributed by atoms with Crippen LogP contribution in [0.25, 0.3) is 0 Å². The summed E-state index contributed by atoms with van der Waals surface area (Å²) < 4.78 is 0. The second-order valence-electron chi connectivity index (χ2n) is 5.64. The Labute approximate surface area is 119 Å². The van der Waals surface area contributed by atoms with Crippen molar-refractivity contribution in [1.29, 1.82) is 0 Å². The molecule has 0 radical (unpaired) electrons. The molecule has 0 fully saturated rings. The fourth-order valence-corrected chi connectivity index (χ4v) is 2.73. The summed E-state index contributed by atoms with van der Waals surface area (Å²) in [7, 11) is 0. The van der Waals surface area contributed by atoms with Gasteiger partial charge in [-0.15, -0.1) is 0 Å². The summed E-state index contributed by atoms with van der Waals surface area (Å²) in [5, 5.41) is 3.41. The lowest BCUT2D eigenvalue weighted by Gasteiger charge is -2.25. The standard InChI is InChI=1S/C16H33N3/c1-2-3-4-5-6-7-8-9-10-11-16-18-13-15-19(16)14-12-17/h13,15-16,18H,2-12,14,17H2,1H3. The molecule has 1 atom stereocenters. The van der Waals surface area contributed by atoms with E-state index in [-0.39, 0.29) is 0 Å². The molecule has 0 saturated carbocycles. The van der Waals surface area contributed by atoms with E-state index in [9.17, 15) is 0 Å². The molecule has 0 aromatic rings. The number of hydrogen-bond donors (Lipinski definition) is 2. The highest BCUT2D eigenvalue weighted by atomic mass is 15.3. The van der Waals surface area contributed by atoms with Crippen LogP contribution < -0.4 is 11.1 Å². The van der Waals surface area contributed by atoms with Crippen LogP contribution >= 0.6 is 0 Å². The topological polar surface area (TPSA) is 41.3 Å². The van der Waals surface area contributed by atoms with Crippen molar-refractivity contribution in [2.45, 2.75) is 77.3 Å². The Kier molecular flexibility index (Phi) is 9.60. The van der Waals surface area contributed by atoms with Gasteiger partial charge < -0.3 is 16.0 Å². The zero-order valence-corrected chi connectivity index (χ0v) is 12.7. The molecule has 19 heavy (non-hydrogen) atoms. The minimum absolute atomic E-state index is 0.494. The molecule has 1 heterocycles. The van der Waals surface area contributed by atoms with Gasteiger partial charge in [-0.1, -0.05) is 58.3 Å². The Hall–Kier alpha value is -0.700. The van der Waals surface area contributed by atoms with E-state index in [1.807, 2.05) is 6.20 Å². The summed E-state index contributed by atoms with van der Waals surface area (Å²) in [6.45, 7) is 3.98. The van der Waals surface area contributed by atoms with Crippen molar-refractivity contribution in [2.75, 3.05) is 13.1 Å². The second kappa shape index (κ2) is 11.2. The van der Waals surface area contributed by atoms with Gasteiger partial charge in [-0.2, -0.15) is 0 Å². The third kappa shape index (κ3) is 7.46. The fourth-order valence-electron chi connectivity index (χ4n) is 2.73. The van der Waals surface area contributed by atoms with Gasteiger partial charge in [-0.25, -0.2) is 0 Å². The molecule has 1 rings (SSSR count). The predicted octanol–water partition coefficient (Wildman–Crippen LogP) is 3.57. The highest BCUT2D eigenvalue weighted by Gasteiger charge is 2.16. The van der Waals surface area contributed by atoms with E-state index >= 15 is 0 Å². The molecule has 0 saturated heterocycles. The Morgan fingerprint density at radius 3 is 2.26 bits per heavy atom. The third-order valence-electron chi connectivity index (χ3n) is 3.92. The van der Waals surface area contributed by atoms with Crippen LogP contribution in [-0.2, 0) is 0 Å². The first-order chi connectivity index (χ1) is 9.38. The van der Waals surface area contributed by atoms with Crippen molar-refractivity contribution >= 4 is 0 Å². The van der Waals surface area contributed by atoms with Crippen LogP contribution in [0.1, 0.15) is 71.1 Å².